The number of carbonyl (C=O) groups is 1. The first-order valence-electron chi connectivity index (χ1n) is 6.38. The summed E-state index contributed by atoms with van der Waals surface area (Å²) in [7, 11) is 0. The van der Waals surface area contributed by atoms with E-state index in [1.54, 1.807) is 12.1 Å². The van der Waals surface area contributed by atoms with Crippen molar-refractivity contribution < 1.29 is 4.79 Å². The highest BCUT2D eigenvalue weighted by atomic mass is 16.1. The van der Waals surface area contributed by atoms with E-state index >= 15 is 0 Å². The number of primary amides is 1. The van der Waals surface area contributed by atoms with Crippen LogP contribution in [0.4, 0.5) is 0 Å². The summed E-state index contributed by atoms with van der Waals surface area (Å²) < 4.78 is 0. The molecule has 0 aliphatic carbocycles. The lowest BCUT2D eigenvalue weighted by molar-refractivity contribution is -0.117. The normalized spacial score (nSPS) is 10.8. The minimum Gasteiger partial charge on any atom is -0.369 e. The SMILES string of the molecule is NC(=O)Cc1ccc2c(=O)c3ccccc3ccc2c1. The van der Waals surface area contributed by atoms with E-state index in [0.29, 0.717) is 10.8 Å². The van der Waals surface area contributed by atoms with Gasteiger partial charge in [-0.3, -0.25) is 9.59 Å². The van der Waals surface area contributed by atoms with E-state index in [9.17, 15) is 9.59 Å². The second-order valence-electron chi connectivity index (χ2n) is 4.81. The second kappa shape index (κ2) is 4.78. The van der Waals surface area contributed by atoms with Gasteiger partial charge in [-0.1, -0.05) is 54.6 Å². The third kappa shape index (κ3) is 2.14. The third-order valence-corrected chi connectivity index (χ3v) is 3.39. The number of hydrogen-bond acceptors (Lipinski definition) is 2. The molecule has 0 atom stereocenters. The number of amides is 1. The summed E-state index contributed by atoms with van der Waals surface area (Å²) in [6, 6.07) is 16.7. The van der Waals surface area contributed by atoms with Crippen LogP contribution in [0.25, 0.3) is 21.5 Å². The van der Waals surface area contributed by atoms with Gasteiger partial charge >= 0.3 is 0 Å². The van der Waals surface area contributed by atoms with Gasteiger partial charge in [0.05, 0.1) is 6.42 Å². The molecule has 1 amide bonds. The molecular formula is C17H13NO2. The monoisotopic (exact) mass is 263 g/mol. The average molecular weight is 263 g/mol. The highest BCUT2D eigenvalue weighted by Gasteiger charge is 2.04. The summed E-state index contributed by atoms with van der Waals surface area (Å²) in [5, 5.41) is 3.08. The van der Waals surface area contributed by atoms with Gasteiger partial charge < -0.3 is 5.73 Å². The molecule has 3 rings (SSSR count). The van der Waals surface area contributed by atoms with Crippen LogP contribution in [-0.4, -0.2) is 5.91 Å². The first-order valence-corrected chi connectivity index (χ1v) is 6.38. The molecule has 0 radical (unpaired) electrons. The standard InChI is InChI=1S/C17H13NO2/c18-16(19)10-11-5-8-15-13(9-11)7-6-12-3-1-2-4-14(12)17(15)20/h1-9H,10H2,(H2,18,19). The lowest BCUT2D eigenvalue weighted by Crippen LogP contribution is -2.13. The predicted molar refractivity (Wildman–Crippen MR) is 80.6 cm³/mol. The van der Waals surface area contributed by atoms with E-state index in [4.69, 9.17) is 5.73 Å². The predicted octanol–water partition coefficient (Wildman–Crippen LogP) is 2.38. The maximum absolute atomic E-state index is 12.5. The van der Waals surface area contributed by atoms with E-state index in [1.807, 2.05) is 42.5 Å². The van der Waals surface area contributed by atoms with Gasteiger partial charge in [0.2, 0.25) is 5.91 Å². The van der Waals surface area contributed by atoms with Gasteiger partial charge in [-0.25, -0.2) is 0 Å². The van der Waals surface area contributed by atoms with E-state index in [2.05, 4.69) is 0 Å². The molecule has 20 heavy (non-hydrogen) atoms. The number of fused-ring (bicyclic) bond motifs is 2. The smallest absolute Gasteiger partial charge is 0.221 e. The Hall–Kier alpha value is -2.68. The zero-order valence-corrected chi connectivity index (χ0v) is 10.8. The average Bonchev–Trinajstić information content (AvgIpc) is 2.57. The molecular weight excluding hydrogens is 250 g/mol. The number of nitrogens with two attached hydrogens (primary N) is 1. The van der Waals surface area contributed by atoms with Gasteiger partial charge in [0, 0.05) is 10.8 Å². The largest absolute Gasteiger partial charge is 0.369 e. The number of hydrogen-bond donors (Lipinski definition) is 1. The van der Waals surface area contributed by atoms with Crippen molar-refractivity contribution in [2.45, 2.75) is 6.42 Å². The minimum atomic E-state index is -0.378. The molecule has 0 saturated heterocycles. The molecule has 0 fully saturated rings. The Kier molecular flexibility index (Phi) is 2.95. The van der Waals surface area contributed by atoms with Gasteiger partial charge in [0.1, 0.15) is 0 Å². The molecule has 3 aromatic carbocycles. The van der Waals surface area contributed by atoms with E-state index in [-0.39, 0.29) is 17.8 Å². The van der Waals surface area contributed by atoms with Crippen molar-refractivity contribution in [3.05, 3.63) is 70.4 Å². The molecule has 0 heterocycles. The number of rotatable bonds is 2. The van der Waals surface area contributed by atoms with Gasteiger partial charge in [0.25, 0.3) is 0 Å². The Morgan fingerprint density at radius 2 is 1.60 bits per heavy atom. The molecule has 0 spiro atoms. The van der Waals surface area contributed by atoms with Crippen molar-refractivity contribution in [1.82, 2.24) is 0 Å². The molecule has 0 unspecified atom stereocenters. The first kappa shape index (κ1) is 12.4. The van der Waals surface area contributed by atoms with Crippen LogP contribution in [0.2, 0.25) is 0 Å². The van der Waals surface area contributed by atoms with Crippen molar-refractivity contribution in [3.63, 3.8) is 0 Å². The zero-order chi connectivity index (χ0) is 14.1. The highest BCUT2D eigenvalue weighted by Crippen LogP contribution is 2.17. The maximum Gasteiger partial charge on any atom is 0.221 e. The fourth-order valence-electron chi connectivity index (χ4n) is 2.44. The Balaban J connectivity index is 2.36. The lowest BCUT2D eigenvalue weighted by atomic mass is 10.1. The summed E-state index contributed by atoms with van der Waals surface area (Å²) in [5.41, 5.74) is 6.03. The van der Waals surface area contributed by atoms with Crippen LogP contribution in [0.15, 0.2) is 59.4 Å². The quantitative estimate of drug-likeness (QED) is 0.771. The van der Waals surface area contributed by atoms with Crippen LogP contribution >= 0.6 is 0 Å². The molecule has 0 aliphatic heterocycles. The molecule has 0 saturated carbocycles. The van der Waals surface area contributed by atoms with Crippen LogP contribution in [-0.2, 0) is 11.2 Å². The van der Waals surface area contributed by atoms with Crippen molar-refractivity contribution in [3.8, 4) is 0 Å². The number of benzene rings is 2. The Labute approximate surface area is 115 Å². The fourth-order valence-corrected chi connectivity index (χ4v) is 2.44. The van der Waals surface area contributed by atoms with E-state index < -0.39 is 0 Å². The Morgan fingerprint density at radius 3 is 2.40 bits per heavy atom. The molecule has 3 aromatic rings. The van der Waals surface area contributed by atoms with Crippen LogP contribution in [0.3, 0.4) is 0 Å². The molecule has 3 heteroatoms. The first-order chi connectivity index (χ1) is 9.65. The van der Waals surface area contributed by atoms with Crippen molar-refractivity contribution >= 4 is 27.5 Å². The summed E-state index contributed by atoms with van der Waals surface area (Å²) >= 11 is 0. The van der Waals surface area contributed by atoms with Crippen LogP contribution < -0.4 is 11.2 Å². The minimum absolute atomic E-state index is 0.00576. The summed E-state index contributed by atoms with van der Waals surface area (Å²) in [5.74, 6) is -0.378. The van der Waals surface area contributed by atoms with Crippen LogP contribution in [0.1, 0.15) is 5.56 Å². The molecule has 0 aliphatic rings. The summed E-state index contributed by atoms with van der Waals surface area (Å²) in [6.45, 7) is 0. The maximum atomic E-state index is 12.5. The highest BCUT2D eigenvalue weighted by molar-refractivity contribution is 5.93. The molecule has 0 bridgehead atoms. The molecule has 2 N–H and O–H groups in total. The number of carbonyl (C=O) groups excluding carboxylic acids is 1. The van der Waals surface area contributed by atoms with Crippen molar-refractivity contribution in [1.29, 1.82) is 0 Å². The van der Waals surface area contributed by atoms with Crippen molar-refractivity contribution in [2.24, 2.45) is 5.73 Å². The van der Waals surface area contributed by atoms with Gasteiger partial charge in [0.15, 0.2) is 5.43 Å². The fraction of sp³-hybridized carbons (Fsp3) is 0.0588. The van der Waals surface area contributed by atoms with Crippen molar-refractivity contribution in [2.75, 3.05) is 0 Å². The van der Waals surface area contributed by atoms with Crippen LogP contribution in [0, 0.1) is 0 Å². The zero-order valence-electron chi connectivity index (χ0n) is 10.8. The van der Waals surface area contributed by atoms with Crippen LogP contribution in [0.5, 0.6) is 0 Å². The lowest BCUT2D eigenvalue weighted by Gasteiger charge is -1.98. The van der Waals surface area contributed by atoms with Gasteiger partial charge in [-0.15, -0.1) is 0 Å². The Morgan fingerprint density at radius 1 is 0.900 bits per heavy atom. The van der Waals surface area contributed by atoms with Gasteiger partial charge in [-0.2, -0.15) is 0 Å². The molecule has 0 aromatic heterocycles. The topological polar surface area (TPSA) is 60.2 Å². The third-order valence-electron chi connectivity index (χ3n) is 3.39. The summed E-state index contributed by atoms with van der Waals surface area (Å²) in [6.07, 6.45) is 0.183. The molecule has 3 nitrogen and oxygen atoms in total. The van der Waals surface area contributed by atoms with E-state index in [1.165, 1.54) is 0 Å². The summed E-state index contributed by atoms with van der Waals surface area (Å²) in [4.78, 5) is 23.5. The van der Waals surface area contributed by atoms with Gasteiger partial charge in [-0.05, 0) is 16.3 Å². The van der Waals surface area contributed by atoms with E-state index in [0.717, 1.165) is 16.3 Å². The second-order valence-corrected chi connectivity index (χ2v) is 4.81. The Bertz CT molecular complexity index is 884. The molecule has 98 valence electrons.